The van der Waals surface area contributed by atoms with E-state index >= 15 is 0 Å². The van der Waals surface area contributed by atoms with Crippen molar-refractivity contribution < 1.29 is 9.90 Å². The van der Waals surface area contributed by atoms with Crippen LogP contribution in [0, 0.1) is 6.92 Å². The Hall–Kier alpha value is -2.21. The summed E-state index contributed by atoms with van der Waals surface area (Å²) in [5, 5.41) is 12.0. The van der Waals surface area contributed by atoms with Crippen molar-refractivity contribution in [1.82, 2.24) is 19.9 Å². The maximum atomic E-state index is 10.9. The van der Waals surface area contributed by atoms with Crippen LogP contribution in [-0.4, -0.2) is 32.7 Å². The molecule has 18 heavy (non-hydrogen) atoms. The third-order valence-electron chi connectivity index (χ3n) is 2.65. The molecule has 0 aromatic carbocycles. The predicted octanol–water partition coefficient (Wildman–Crippen LogP) is 0.993. The van der Waals surface area contributed by atoms with E-state index in [1.807, 2.05) is 19.2 Å². The molecule has 0 saturated carbocycles. The smallest absolute Gasteiger partial charge is 0.356 e. The second-order valence-electron chi connectivity index (χ2n) is 3.91. The number of hydrogen-bond acceptors (Lipinski definition) is 4. The molecule has 0 saturated heterocycles. The number of aromatic carboxylic acids is 1. The Balaban J connectivity index is 2.34. The van der Waals surface area contributed by atoms with Crippen molar-refractivity contribution in [2.45, 2.75) is 13.5 Å². The van der Waals surface area contributed by atoms with Gasteiger partial charge in [0.2, 0.25) is 0 Å². The van der Waals surface area contributed by atoms with Crippen LogP contribution in [0.5, 0.6) is 0 Å². The zero-order valence-electron chi connectivity index (χ0n) is 10.2. The van der Waals surface area contributed by atoms with Crippen LogP contribution >= 0.6 is 0 Å². The van der Waals surface area contributed by atoms with E-state index < -0.39 is 5.97 Å². The van der Waals surface area contributed by atoms with Gasteiger partial charge in [0.05, 0.1) is 5.69 Å². The van der Waals surface area contributed by atoms with Gasteiger partial charge in [0.1, 0.15) is 12.1 Å². The van der Waals surface area contributed by atoms with E-state index in [2.05, 4.69) is 15.3 Å². The minimum Gasteiger partial charge on any atom is -0.476 e. The van der Waals surface area contributed by atoms with Gasteiger partial charge in [0.15, 0.2) is 5.69 Å². The molecule has 6 nitrogen and oxygen atoms in total. The quantitative estimate of drug-likeness (QED) is 0.841. The molecule has 2 aromatic rings. The molecule has 0 bridgehead atoms. The van der Waals surface area contributed by atoms with Crippen LogP contribution in [0.25, 0.3) is 5.82 Å². The lowest BCUT2D eigenvalue weighted by molar-refractivity contribution is 0.0690. The lowest BCUT2D eigenvalue weighted by atomic mass is 10.3. The van der Waals surface area contributed by atoms with Gasteiger partial charge >= 0.3 is 5.97 Å². The summed E-state index contributed by atoms with van der Waals surface area (Å²) in [5.74, 6) is -0.370. The summed E-state index contributed by atoms with van der Waals surface area (Å²) in [6.45, 7) is 2.45. The molecule has 2 heterocycles. The second kappa shape index (κ2) is 4.97. The summed E-state index contributed by atoms with van der Waals surface area (Å²) in [7, 11) is 1.87. The molecule has 2 aromatic heterocycles. The molecule has 0 radical (unpaired) electrons. The highest BCUT2D eigenvalue weighted by molar-refractivity contribution is 5.86. The standard InChI is InChI=1S/C12H14N4O2/c1-8-11(12(17)18)15-7-16(8)10-4-3-9(5-13-2)6-14-10/h3-4,6-7,13H,5H2,1-2H3,(H,17,18). The molecule has 6 heteroatoms. The molecule has 0 aliphatic heterocycles. The monoisotopic (exact) mass is 246 g/mol. The average molecular weight is 246 g/mol. The molecule has 0 aliphatic rings. The largest absolute Gasteiger partial charge is 0.476 e. The van der Waals surface area contributed by atoms with Gasteiger partial charge in [-0.3, -0.25) is 4.57 Å². The third-order valence-corrected chi connectivity index (χ3v) is 2.65. The van der Waals surface area contributed by atoms with Crippen LogP contribution in [0.4, 0.5) is 0 Å². The molecular formula is C12H14N4O2. The first-order valence-corrected chi connectivity index (χ1v) is 5.50. The van der Waals surface area contributed by atoms with E-state index in [1.165, 1.54) is 6.33 Å². The fraction of sp³-hybridized carbons (Fsp3) is 0.250. The van der Waals surface area contributed by atoms with Crippen LogP contribution in [0.15, 0.2) is 24.7 Å². The Kier molecular flexibility index (Phi) is 3.38. The molecule has 0 atom stereocenters. The van der Waals surface area contributed by atoms with Crippen LogP contribution in [-0.2, 0) is 6.54 Å². The van der Waals surface area contributed by atoms with Crippen LogP contribution in [0.1, 0.15) is 21.7 Å². The fourth-order valence-electron chi connectivity index (χ4n) is 1.72. The number of pyridine rings is 1. The highest BCUT2D eigenvalue weighted by Crippen LogP contribution is 2.12. The Morgan fingerprint density at radius 1 is 1.44 bits per heavy atom. The zero-order chi connectivity index (χ0) is 13.1. The van der Waals surface area contributed by atoms with Crippen molar-refractivity contribution in [1.29, 1.82) is 0 Å². The predicted molar refractivity (Wildman–Crippen MR) is 65.8 cm³/mol. The minimum absolute atomic E-state index is 0.0519. The van der Waals surface area contributed by atoms with Gasteiger partial charge in [-0.2, -0.15) is 0 Å². The normalized spacial score (nSPS) is 10.6. The van der Waals surface area contributed by atoms with E-state index in [0.717, 1.165) is 12.1 Å². The number of carboxylic acid groups (broad SMARTS) is 1. The van der Waals surface area contributed by atoms with Crippen molar-refractivity contribution in [3.8, 4) is 5.82 Å². The van der Waals surface area contributed by atoms with E-state index in [9.17, 15) is 4.79 Å². The van der Waals surface area contributed by atoms with Gasteiger partial charge in [-0.1, -0.05) is 6.07 Å². The first-order chi connectivity index (χ1) is 8.63. The molecule has 0 spiro atoms. The van der Waals surface area contributed by atoms with Crippen LogP contribution in [0.3, 0.4) is 0 Å². The number of carbonyl (C=O) groups is 1. The van der Waals surface area contributed by atoms with Crippen LogP contribution in [0.2, 0.25) is 0 Å². The van der Waals surface area contributed by atoms with Gasteiger partial charge in [-0.25, -0.2) is 14.8 Å². The van der Waals surface area contributed by atoms with Gasteiger partial charge < -0.3 is 10.4 Å². The molecule has 94 valence electrons. The van der Waals surface area contributed by atoms with Crippen LogP contribution < -0.4 is 5.32 Å². The van der Waals surface area contributed by atoms with Crippen molar-refractivity contribution in [3.05, 3.63) is 41.6 Å². The van der Waals surface area contributed by atoms with Gasteiger partial charge in [0, 0.05) is 12.7 Å². The molecule has 0 amide bonds. The van der Waals surface area contributed by atoms with Crippen molar-refractivity contribution in [3.63, 3.8) is 0 Å². The van der Waals surface area contributed by atoms with Crippen molar-refractivity contribution in [2.24, 2.45) is 0 Å². The fourth-order valence-corrected chi connectivity index (χ4v) is 1.72. The first kappa shape index (κ1) is 12.3. The number of nitrogens with zero attached hydrogens (tertiary/aromatic N) is 3. The van der Waals surface area contributed by atoms with Gasteiger partial charge in [0.25, 0.3) is 0 Å². The molecular weight excluding hydrogens is 232 g/mol. The summed E-state index contributed by atoms with van der Waals surface area (Å²) >= 11 is 0. The Morgan fingerprint density at radius 2 is 2.22 bits per heavy atom. The summed E-state index contributed by atoms with van der Waals surface area (Å²) in [6.07, 6.45) is 3.23. The Bertz CT molecular complexity index is 560. The summed E-state index contributed by atoms with van der Waals surface area (Å²) < 4.78 is 1.66. The number of rotatable bonds is 4. The highest BCUT2D eigenvalue weighted by atomic mass is 16.4. The highest BCUT2D eigenvalue weighted by Gasteiger charge is 2.14. The molecule has 0 aliphatic carbocycles. The SMILES string of the molecule is CNCc1ccc(-n2cnc(C(=O)O)c2C)nc1. The van der Waals surface area contributed by atoms with E-state index in [-0.39, 0.29) is 5.69 Å². The maximum absolute atomic E-state index is 10.9. The Morgan fingerprint density at radius 3 is 2.72 bits per heavy atom. The lowest BCUT2D eigenvalue weighted by Crippen LogP contribution is -2.07. The summed E-state index contributed by atoms with van der Waals surface area (Å²) in [6, 6.07) is 3.78. The van der Waals surface area contributed by atoms with Crippen molar-refractivity contribution >= 4 is 5.97 Å². The number of hydrogen-bond donors (Lipinski definition) is 2. The van der Waals surface area contributed by atoms with Crippen molar-refractivity contribution in [2.75, 3.05) is 7.05 Å². The lowest BCUT2D eigenvalue weighted by Gasteiger charge is -2.05. The number of nitrogens with one attached hydrogen (secondary N) is 1. The molecule has 0 unspecified atom stereocenters. The molecule has 2 N–H and O–H groups in total. The molecule has 0 fully saturated rings. The summed E-state index contributed by atoms with van der Waals surface area (Å²) in [5.41, 5.74) is 1.69. The molecule has 2 rings (SSSR count). The van der Waals surface area contributed by atoms with E-state index in [4.69, 9.17) is 5.11 Å². The first-order valence-electron chi connectivity index (χ1n) is 5.50. The van der Waals surface area contributed by atoms with E-state index in [0.29, 0.717) is 11.5 Å². The zero-order valence-corrected chi connectivity index (χ0v) is 10.2. The second-order valence-corrected chi connectivity index (χ2v) is 3.91. The third kappa shape index (κ3) is 2.23. The Labute approximate surface area is 104 Å². The number of imidazole rings is 1. The van der Waals surface area contributed by atoms with Gasteiger partial charge in [-0.05, 0) is 25.6 Å². The number of aromatic nitrogens is 3. The van der Waals surface area contributed by atoms with E-state index in [1.54, 1.807) is 17.7 Å². The minimum atomic E-state index is -1.03. The maximum Gasteiger partial charge on any atom is 0.356 e. The topological polar surface area (TPSA) is 80.0 Å². The van der Waals surface area contributed by atoms with Gasteiger partial charge in [-0.15, -0.1) is 0 Å². The number of carboxylic acids is 1. The summed E-state index contributed by atoms with van der Waals surface area (Å²) in [4.78, 5) is 19.1. The average Bonchev–Trinajstić information content (AvgIpc) is 2.73.